The highest BCUT2D eigenvalue weighted by Gasteiger charge is 2.47. The molecule has 1 unspecified atom stereocenters. The molecule has 1 aliphatic rings. The summed E-state index contributed by atoms with van der Waals surface area (Å²) in [4.78, 5) is 77.7. The zero-order valence-corrected chi connectivity index (χ0v) is 30.6. The predicted octanol–water partition coefficient (Wildman–Crippen LogP) is 2.21. The van der Waals surface area contributed by atoms with E-state index in [0.29, 0.717) is 6.42 Å². The van der Waals surface area contributed by atoms with Crippen LogP contribution in [-0.2, 0) is 44.4 Å². The lowest BCUT2D eigenvalue weighted by Crippen LogP contribution is -2.58. The number of aliphatic carboxylic acids is 2. The molecule has 18 heteroatoms. The van der Waals surface area contributed by atoms with E-state index in [1.807, 2.05) is 0 Å². The molecule has 4 atom stereocenters. The lowest BCUT2D eigenvalue weighted by molar-refractivity contribution is -0.149. The highest BCUT2D eigenvalue weighted by atomic mass is 32.2. The van der Waals surface area contributed by atoms with Crippen molar-refractivity contribution in [3.63, 3.8) is 0 Å². The smallest absolute Gasteiger partial charge is 0.424 e. The van der Waals surface area contributed by atoms with Crippen molar-refractivity contribution in [2.45, 2.75) is 121 Å². The summed E-state index contributed by atoms with van der Waals surface area (Å²) in [5.74, 6) is -6.03. The Morgan fingerprint density at radius 1 is 0.961 bits per heavy atom. The molecule has 0 bridgehead atoms. The second-order valence-corrected chi connectivity index (χ2v) is 16.0. The lowest BCUT2D eigenvalue weighted by atomic mass is 10.0. The topological polar surface area (TPSA) is 246 Å². The van der Waals surface area contributed by atoms with Crippen LogP contribution in [0.3, 0.4) is 0 Å². The molecule has 0 spiro atoms. The third-order valence-corrected chi connectivity index (χ3v) is 9.11. The van der Waals surface area contributed by atoms with Gasteiger partial charge >= 0.3 is 24.1 Å². The summed E-state index contributed by atoms with van der Waals surface area (Å²) in [7, 11) is -4.76. The van der Waals surface area contributed by atoms with E-state index >= 15 is 0 Å². The summed E-state index contributed by atoms with van der Waals surface area (Å²) in [6, 6.07) is 2.92. The van der Waals surface area contributed by atoms with Crippen molar-refractivity contribution in [2.24, 2.45) is 0 Å². The molecular weight excluding hydrogens is 692 g/mol. The molecule has 0 radical (unpaired) electrons. The van der Waals surface area contributed by atoms with Gasteiger partial charge in [0.1, 0.15) is 23.3 Å². The van der Waals surface area contributed by atoms with Gasteiger partial charge in [-0.05, 0) is 79.2 Å². The first-order valence-corrected chi connectivity index (χ1v) is 18.1. The molecule has 0 aliphatic carbocycles. The maximum absolute atomic E-state index is 14.1. The van der Waals surface area contributed by atoms with Gasteiger partial charge in [0, 0.05) is 13.1 Å². The van der Waals surface area contributed by atoms with Gasteiger partial charge in [0.2, 0.25) is 21.8 Å². The molecule has 0 saturated carbocycles. The number of hydrogen-bond acceptors (Lipinski definition) is 11. The first kappa shape index (κ1) is 42.7. The Hall–Kier alpha value is -4.45. The monoisotopic (exact) mass is 742 g/mol. The van der Waals surface area contributed by atoms with Crippen molar-refractivity contribution >= 4 is 46.0 Å². The number of rotatable bonds is 16. The summed E-state index contributed by atoms with van der Waals surface area (Å²) >= 11 is 0. The summed E-state index contributed by atoms with van der Waals surface area (Å²) in [5.41, 5.74) is -1.70. The Kier molecular flexibility index (Phi) is 15.2. The average Bonchev–Trinajstić information content (AvgIpc) is 3.47. The van der Waals surface area contributed by atoms with Crippen LogP contribution in [0.5, 0.6) is 0 Å². The van der Waals surface area contributed by atoms with Crippen molar-refractivity contribution < 1.29 is 62.0 Å². The molecule has 2 rings (SSSR count). The van der Waals surface area contributed by atoms with Crippen LogP contribution in [0.15, 0.2) is 30.3 Å². The Balaban J connectivity index is 2.33. The highest BCUT2D eigenvalue weighted by Crippen LogP contribution is 2.26. The Labute approximate surface area is 297 Å². The van der Waals surface area contributed by atoms with Gasteiger partial charge in [-0.3, -0.25) is 14.4 Å². The number of amides is 4. The van der Waals surface area contributed by atoms with E-state index in [2.05, 4.69) is 10.6 Å². The van der Waals surface area contributed by atoms with Crippen LogP contribution in [0.4, 0.5) is 9.59 Å². The molecule has 5 N–H and O–H groups in total. The van der Waals surface area contributed by atoms with E-state index < -0.39 is 93.6 Å². The minimum atomic E-state index is -4.76. The number of sulfonamides is 1. The highest BCUT2D eigenvalue weighted by molar-refractivity contribution is 7.88. The first-order valence-electron chi connectivity index (χ1n) is 16.5. The van der Waals surface area contributed by atoms with Gasteiger partial charge in [0.05, 0.1) is 18.2 Å². The molecular formula is C33H50N4O13S. The number of nitrogens with zero attached hydrogens (tertiary/aromatic N) is 2. The number of carboxylic acid groups (broad SMARTS) is 2. The van der Waals surface area contributed by atoms with E-state index in [9.17, 15) is 52.5 Å². The molecule has 1 aromatic rings. The van der Waals surface area contributed by atoms with E-state index in [-0.39, 0.29) is 48.6 Å². The summed E-state index contributed by atoms with van der Waals surface area (Å²) in [6.07, 6.45) is -4.50. The Morgan fingerprint density at radius 3 is 2.12 bits per heavy atom. The molecule has 1 aromatic carbocycles. The van der Waals surface area contributed by atoms with Crippen molar-refractivity contribution in [2.75, 3.05) is 13.1 Å². The SMILES string of the molecule is CC(C)(C)OC(=O)NCCCC[C@H](NC(=O)[C@@H]1CCCN1C(=O)[C@H](CC(=O)O)N(C(=O)OC(C)(C)C)S(=O)(=O)Cc1ccccc1)C(O)C(=O)O. The van der Waals surface area contributed by atoms with Gasteiger partial charge < -0.3 is 40.3 Å². The average molecular weight is 743 g/mol. The Morgan fingerprint density at radius 2 is 1.57 bits per heavy atom. The predicted molar refractivity (Wildman–Crippen MR) is 182 cm³/mol. The number of carbonyl (C=O) groups is 6. The Bertz CT molecular complexity index is 1510. The minimum Gasteiger partial charge on any atom is -0.481 e. The summed E-state index contributed by atoms with van der Waals surface area (Å²) in [5, 5.41) is 34.6. The van der Waals surface area contributed by atoms with Crippen molar-refractivity contribution in [3.05, 3.63) is 35.9 Å². The van der Waals surface area contributed by atoms with E-state index in [4.69, 9.17) is 9.47 Å². The lowest BCUT2D eigenvalue weighted by Gasteiger charge is -2.35. The van der Waals surface area contributed by atoms with Gasteiger partial charge in [-0.1, -0.05) is 30.3 Å². The van der Waals surface area contributed by atoms with Gasteiger partial charge in [-0.15, -0.1) is 0 Å². The fourth-order valence-electron chi connectivity index (χ4n) is 5.28. The maximum atomic E-state index is 14.1. The minimum absolute atomic E-state index is 0.0380. The van der Waals surface area contributed by atoms with Crippen molar-refractivity contribution in [3.8, 4) is 0 Å². The number of aliphatic hydroxyl groups is 1. The van der Waals surface area contributed by atoms with Crippen molar-refractivity contribution in [1.29, 1.82) is 0 Å². The largest absolute Gasteiger partial charge is 0.481 e. The number of nitrogens with one attached hydrogen (secondary N) is 2. The van der Waals surface area contributed by atoms with E-state index in [1.54, 1.807) is 39.0 Å². The normalized spacial score (nSPS) is 16.7. The van der Waals surface area contributed by atoms with Gasteiger partial charge in [-0.25, -0.2) is 22.8 Å². The molecule has 17 nitrogen and oxygen atoms in total. The van der Waals surface area contributed by atoms with E-state index in [0.717, 1.165) is 4.90 Å². The van der Waals surface area contributed by atoms with Crippen LogP contribution in [0.2, 0.25) is 0 Å². The van der Waals surface area contributed by atoms with Crippen LogP contribution in [-0.4, -0.2) is 117 Å². The van der Waals surface area contributed by atoms with E-state index in [1.165, 1.54) is 32.9 Å². The second kappa shape index (κ2) is 18.2. The fraction of sp³-hybridized carbons (Fsp3) is 0.636. The number of carboxylic acids is 2. The quantitative estimate of drug-likeness (QED) is 0.153. The summed E-state index contributed by atoms with van der Waals surface area (Å²) < 4.78 is 38.2. The number of hydrogen-bond donors (Lipinski definition) is 5. The van der Waals surface area contributed by atoms with Crippen LogP contribution in [0, 0.1) is 0 Å². The molecule has 4 amide bonds. The number of unbranched alkanes of at least 4 members (excludes halogenated alkanes) is 1. The van der Waals surface area contributed by atoms with Gasteiger partial charge in [0.15, 0.2) is 6.10 Å². The molecule has 1 aliphatic heterocycles. The van der Waals surface area contributed by atoms with Crippen molar-refractivity contribution in [1.82, 2.24) is 19.8 Å². The van der Waals surface area contributed by atoms with Crippen LogP contribution < -0.4 is 10.6 Å². The third-order valence-electron chi connectivity index (χ3n) is 7.41. The van der Waals surface area contributed by atoms with Gasteiger partial charge in [-0.2, -0.15) is 4.31 Å². The zero-order chi connectivity index (χ0) is 38.7. The second-order valence-electron chi connectivity index (χ2n) is 14.1. The van der Waals surface area contributed by atoms with Crippen LogP contribution in [0.25, 0.3) is 0 Å². The zero-order valence-electron chi connectivity index (χ0n) is 29.8. The third kappa shape index (κ3) is 14.0. The van der Waals surface area contributed by atoms with Crippen LogP contribution >= 0.6 is 0 Å². The number of ether oxygens (including phenoxy) is 2. The number of likely N-dealkylation sites (tertiary alicyclic amines) is 1. The molecule has 286 valence electrons. The molecule has 1 saturated heterocycles. The van der Waals surface area contributed by atoms with Gasteiger partial charge in [0.25, 0.3) is 0 Å². The first-order chi connectivity index (χ1) is 23.5. The number of benzene rings is 1. The molecule has 0 aromatic heterocycles. The maximum Gasteiger partial charge on any atom is 0.424 e. The standard InChI is InChI=1S/C33H50N4O13S/c1-32(2,3)49-30(45)34-17-11-10-15-22(26(40)29(43)44)35-27(41)23-16-12-18-36(23)28(42)24(19-25(38)39)37(31(46)50-33(4,5)6)51(47,48)20-21-13-8-7-9-14-21/h7-9,13-14,22-24,26,40H,10-12,15-20H2,1-6H3,(H,34,45)(H,35,41)(H,38,39)(H,43,44)/t22-,23-,24-,26?/m0/s1. The van der Waals surface area contributed by atoms with Crippen LogP contribution in [0.1, 0.15) is 85.6 Å². The molecule has 51 heavy (non-hydrogen) atoms. The molecule has 1 heterocycles. The number of alkyl carbamates (subject to hydrolysis) is 1. The fourth-order valence-corrected chi connectivity index (χ4v) is 6.85. The molecule has 1 fully saturated rings. The number of carbonyl (C=O) groups excluding carboxylic acids is 4. The number of aliphatic hydroxyl groups excluding tert-OH is 1. The summed E-state index contributed by atoms with van der Waals surface area (Å²) in [6.45, 7) is 9.52.